The molecule has 0 aliphatic heterocycles. The van der Waals surface area contributed by atoms with Crippen molar-refractivity contribution in [2.75, 3.05) is 19.0 Å². The molecule has 4 N–H and O–H groups in total. The average Bonchev–Trinajstić information content (AvgIpc) is 2.26. The van der Waals surface area contributed by atoms with Gasteiger partial charge in [-0.05, 0) is 12.1 Å². The molecule has 6 nitrogen and oxygen atoms in total. The van der Waals surface area contributed by atoms with Crippen LogP contribution in [0.15, 0.2) is 24.3 Å². The zero-order valence-electron chi connectivity index (χ0n) is 8.82. The summed E-state index contributed by atoms with van der Waals surface area (Å²) in [4.78, 5) is 21.4. The second-order valence-electron chi connectivity index (χ2n) is 3.00. The van der Waals surface area contributed by atoms with E-state index in [0.717, 1.165) is 5.69 Å². The van der Waals surface area contributed by atoms with E-state index in [1.54, 1.807) is 31.4 Å². The fourth-order valence-electron chi connectivity index (χ4n) is 1.10. The minimum Gasteiger partial charge on any atom is -0.497 e. The molecule has 0 saturated carbocycles. The maximum Gasteiger partial charge on any atom is 0.318 e. The second-order valence-corrected chi connectivity index (χ2v) is 3.00. The van der Waals surface area contributed by atoms with E-state index in [9.17, 15) is 9.59 Å². The van der Waals surface area contributed by atoms with Crippen molar-refractivity contribution in [1.82, 2.24) is 5.32 Å². The lowest BCUT2D eigenvalue weighted by Gasteiger charge is -2.07. The van der Waals surface area contributed by atoms with Gasteiger partial charge in [-0.25, -0.2) is 4.79 Å². The molecule has 0 atom stereocenters. The number of hydrogen-bond acceptors (Lipinski definition) is 4. The number of urea groups is 1. The number of hydrogen-bond donors (Lipinski definition) is 3. The number of methoxy groups -OCH3 is 1. The van der Waals surface area contributed by atoms with E-state index in [1.165, 1.54) is 0 Å². The maximum atomic E-state index is 11.1. The monoisotopic (exact) mass is 223 g/mol. The lowest BCUT2D eigenvalue weighted by atomic mass is 10.3. The molecule has 6 heteroatoms. The van der Waals surface area contributed by atoms with Crippen LogP contribution in [0, 0.1) is 0 Å². The molecule has 86 valence electrons. The zero-order chi connectivity index (χ0) is 12.0. The molecule has 0 saturated heterocycles. The minimum absolute atomic E-state index is 0.0316. The number of rotatable bonds is 4. The Kier molecular flexibility index (Phi) is 4.14. The molecule has 0 aliphatic rings. The number of anilines is 1. The first-order valence-electron chi connectivity index (χ1n) is 4.59. The predicted molar refractivity (Wildman–Crippen MR) is 59.2 cm³/mol. The maximum absolute atomic E-state index is 11.1. The van der Waals surface area contributed by atoms with Crippen molar-refractivity contribution < 1.29 is 14.3 Å². The molecule has 1 rings (SSSR count). The van der Waals surface area contributed by atoms with Crippen molar-refractivity contribution in [1.29, 1.82) is 0 Å². The molecular formula is C10H13N3O3. The summed E-state index contributed by atoms with van der Waals surface area (Å²) >= 11 is 0. The van der Waals surface area contributed by atoms with Gasteiger partial charge in [0.05, 0.1) is 13.7 Å². The lowest BCUT2D eigenvalue weighted by Crippen LogP contribution is -2.38. The number of imide groups is 1. The Balaban J connectivity index is 2.47. The summed E-state index contributed by atoms with van der Waals surface area (Å²) in [5, 5.41) is 4.77. The number of carbonyl (C=O) groups excluding carboxylic acids is 2. The van der Waals surface area contributed by atoms with Crippen LogP contribution in [0.1, 0.15) is 0 Å². The number of benzene rings is 1. The first-order chi connectivity index (χ1) is 7.61. The summed E-state index contributed by atoms with van der Waals surface area (Å²) in [6, 6.07) is 6.22. The third-order valence-electron chi connectivity index (χ3n) is 1.79. The molecule has 0 aliphatic carbocycles. The van der Waals surface area contributed by atoms with Crippen LogP contribution in [0.5, 0.6) is 5.75 Å². The van der Waals surface area contributed by atoms with Gasteiger partial charge in [0.1, 0.15) is 5.75 Å². The van der Waals surface area contributed by atoms with Gasteiger partial charge in [-0.3, -0.25) is 10.1 Å². The average molecular weight is 223 g/mol. The minimum atomic E-state index is -0.863. The molecule has 1 aromatic carbocycles. The topological polar surface area (TPSA) is 93.4 Å². The van der Waals surface area contributed by atoms with E-state index in [1.807, 2.05) is 5.32 Å². The fraction of sp³-hybridized carbons (Fsp3) is 0.200. The van der Waals surface area contributed by atoms with Gasteiger partial charge < -0.3 is 15.8 Å². The summed E-state index contributed by atoms with van der Waals surface area (Å²) in [7, 11) is 1.55. The van der Waals surface area contributed by atoms with E-state index < -0.39 is 11.9 Å². The molecule has 0 spiro atoms. The summed E-state index contributed by atoms with van der Waals surface area (Å²) in [5.41, 5.74) is 5.51. The van der Waals surface area contributed by atoms with Crippen LogP contribution >= 0.6 is 0 Å². The van der Waals surface area contributed by atoms with E-state index in [2.05, 4.69) is 5.32 Å². The van der Waals surface area contributed by atoms with Crippen molar-refractivity contribution in [2.24, 2.45) is 5.73 Å². The Bertz CT molecular complexity index is 393. The SMILES string of the molecule is COc1cccc(NCC(=O)NC(N)=O)c1. The Labute approximate surface area is 92.8 Å². The zero-order valence-corrected chi connectivity index (χ0v) is 8.82. The normalized spacial score (nSPS) is 9.31. The van der Waals surface area contributed by atoms with Gasteiger partial charge in [0.25, 0.3) is 0 Å². The van der Waals surface area contributed by atoms with Crippen LogP contribution in [0.3, 0.4) is 0 Å². The smallest absolute Gasteiger partial charge is 0.318 e. The molecule has 0 aromatic heterocycles. The molecule has 1 aromatic rings. The number of ether oxygens (including phenoxy) is 1. The first-order valence-corrected chi connectivity index (χ1v) is 4.59. The molecule has 0 bridgehead atoms. The third kappa shape index (κ3) is 3.87. The summed E-state index contributed by atoms with van der Waals surface area (Å²) in [6.07, 6.45) is 0. The Morgan fingerprint density at radius 2 is 2.19 bits per heavy atom. The Morgan fingerprint density at radius 3 is 2.81 bits per heavy atom. The van der Waals surface area contributed by atoms with E-state index in [4.69, 9.17) is 10.5 Å². The molecule has 0 unspecified atom stereocenters. The van der Waals surface area contributed by atoms with Crippen LogP contribution in [0.4, 0.5) is 10.5 Å². The van der Waals surface area contributed by atoms with Crippen LogP contribution in [-0.4, -0.2) is 25.6 Å². The number of primary amides is 1. The van der Waals surface area contributed by atoms with Crippen molar-refractivity contribution >= 4 is 17.6 Å². The number of amides is 3. The van der Waals surface area contributed by atoms with Gasteiger partial charge in [0.15, 0.2) is 0 Å². The van der Waals surface area contributed by atoms with Crippen LogP contribution in [0.2, 0.25) is 0 Å². The summed E-state index contributed by atoms with van der Waals surface area (Å²) in [6.45, 7) is -0.0316. The molecule has 0 fully saturated rings. The highest BCUT2D eigenvalue weighted by atomic mass is 16.5. The predicted octanol–water partition coefficient (Wildman–Crippen LogP) is 0.302. The van der Waals surface area contributed by atoms with Crippen molar-refractivity contribution in [3.63, 3.8) is 0 Å². The Morgan fingerprint density at radius 1 is 1.44 bits per heavy atom. The first kappa shape index (κ1) is 11.8. The van der Waals surface area contributed by atoms with E-state index in [0.29, 0.717) is 5.75 Å². The molecule has 0 heterocycles. The standard InChI is InChI=1S/C10H13N3O3/c1-16-8-4-2-3-7(5-8)12-6-9(14)13-10(11)15/h2-5,12H,6H2,1H3,(H3,11,13,14,15). The highest BCUT2D eigenvalue weighted by molar-refractivity contribution is 5.95. The van der Waals surface area contributed by atoms with E-state index >= 15 is 0 Å². The van der Waals surface area contributed by atoms with Gasteiger partial charge >= 0.3 is 6.03 Å². The van der Waals surface area contributed by atoms with Crippen LogP contribution in [0.25, 0.3) is 0 Å². The number of nitrogens with one attached hydrogen (secondary N) is 2. The van der Waals surface area contributed by atoms with Gasteiger partial charge in [-0.15, -0.1) is 0 Å². The van der Waals surface area contributed by atoms with Crippen molar-refractivity contribution in [3.8, 4) is 5.75 Å². The largest absolute Gasteiger partial charge is 0.497 e. The summed E-state index contributed by atoms with van der Waals surface area (Å²) < 4.78 is 5.01. The molecule has 16 heavy (non-hydrogen) atoms. The van der Waals surface area contributed by atoms with Crippen LogP contribution < -0.4 is 21.1 Å². The van der Waals surface area contributed by atoms with Gasteiger partial charge in [0.2, 0.25) is 5.91 Å². The van der Waals surface area contributed by atoms with Gasteiger partial charge in [0, 0.05) is 11.8 Å². The number of carbonyl (C=O) groups is 2. The van der Waals surface area contributed by atoms with Crippen LogP contribution in [-0.2, 0) is 4.79 Å². The summed E-state index contributed by atoms with van der Waals surface area (Å²) in [5.74, 6) is 0.190. The second kappa shape index (κ2) is 5.59. The highest BCUT2D eigenvalue weighted by Gasteiger charge is 2.03. The van der Waals surface area contributed by atoms with Crippen molar-refractivity contribution in [2.45, 2.75) is 0 Å². The van der Waals surface area contributed by atoms with Gasteiger partial charge in [-0.2, -0.15) is 0 Å². The van der Waals surface area contributed by atoms with Gasteiger partial charge in [-0.1, -0.05) is 6.07 Å². The third-order valence-corrected chi connectivity index (χ3v) is 1.79. The molecule has 3 amide bonds. The highest BCUT2D eigenvalue weighted by Crippen LogP contribution is 2.16. The van der Waals surface area contributed by atoms with Crippen molar-refractivity contribution in [3.05, 3.63) is 24.3 Å². The molecule has 0 radical (unpaired) electrons. The lowest BCUT2D eigenvalue weighted by molar-refractivity contribution is -0.118. The molecular weight excluding hydrogens is 210 g/mol. The van der Waals surface area contributed by atoms with E-state index in [-0.39, 0.29) is 6.54 Å². The quantitative estimate of drug-likeness (QED) is 0.684. The Hall–Kier alpha value is -2.24. The fourth-order valence-corrected chi connectivity index (χ4v) is 1.10. The number of nitrogens with two attached hydrogens (primary N) is 1.